The SMILES string of the molecule is CNC(=O)C1COCCN1c1cccnc1CN. The van der Waals surface area contributed by atoms with Gasteiger partial charge in [0.2, 0.25) is 5.91 Å². The Morgan fingerprint density at radius 1 is 1.72 bits per heavy atom. The molecule has 0 aromatic carbocycles. The van der Waals surface area contributed by atoms with Crippen LogP contribution in [0, 0.1) is 0 Å². The van der Waals surface area contributed by atoms with E-state index < -0.39 is 0 Å². The van der Waals surface area contributed by atoms with Gasteiger partial charge in [0.05, 0.1) is 24.6 Å². The molecule has 3 N–H and O–H groups in total. The number of amides is 1. The van der Waals surface area contributed by atoms with Crippen molar-refractivity contribution in [1.82, 2.24) is 10.3 Å². The maximum atomic E-state index is 11.9. The average Bonchev–Trinajstić information content (AvgIpc) is 2.46. The number of hydrogen-bond acceptors (Lipinski definition) is 5. The average molecular weight is 250 g/mol. The van der Waals surface area contributed by atoms with Gasteiger partial charge < -0.3 is 20.7 Å². The van der Waals surface area contributed by atoms with Crippen LogP contribution in [-0.4, -0.2) is 43.7 Å². The van der Waals surface area contributed by atoms with Crippen molar-refractivity contribution < 1.29 is 9.53 Å². The van der Waals surface area contributed by atoms with Crippen molar-refractivity contribution in [1.29, 1.82) is 0 Å². The van der Waals surface area contributed by atoms with Crippen LogP contribution in [0.15, 0.2) is 18.3 Å². The van der Waals surface area contributed by atoms with Crippen LogP contribution in [0.2, 0.25) is 0 Å². The molecule has 0 bridgehead atoms. The molecule has 0 aliphatic carbocycles. The van der Waals surface area contributed by atoms with Crippen LogP contribution in [0.25, 0.3) is 0 Å². The lowest BCUT2D eigenvalue weighted by atomic mass is 10.1. The maximum absolute atomic E-state index is 11.9. The highest BCUT2D eigenvalue weighted by atomic mass is 16.5. The molecule has 0 spiro atoms. The first-order valence-corrected chi connectivity index (χ1v) is 5.98. The lowest BCUT2D eigenvalue weighted by molar-refractivity contribution is -0.124. The molecule has 1 amide bonds. The summed E-state index contributed by atoms with van der Waals surface area (Å²) in [6, 6.07) is 3.47. The number of anilines is 1. The predicted octanol–water partition coefficient (Wildman–Crippen LogP) is -0.508. The molecule has 0 radical (unpaired) electrons. The Kier molecular flexibility index (Phi) is 4.11. The molecule has 1 aromatic heterocycles. The molecule has 1 atom stereocenters. The summed E-state index contributed by atoms with van der Waals surface area (Å²) in [7, 11) is 1.63. The molecule has 1 aliphatic rings. The third-order valence-electron chi connectivity index (χ3n) is 3.05. The fourth-order valence-corrected chi connectivity index (χ4v) is 2.12. The number of ether oxygens (including phenoxy) is 1. The van der Waals surface area contributed by atoms with E-state index in [4.69, 9.17) is 10.5 Å². The Morgan fingerprint density at radius 3 is 3.28 bits per heavy atom. The monoisotopic (exact) mass is 250 g/mol. The second-order valence-electron chi connectivity index (χ2n) is 4.07. The lowest BCUT2D eigenvalue weighted by Crippen LogP contribution is -2.53. The molecule has 6 nitrogen and oxygen atoms in total. The summed E-state index contributed by atoms with van der Waals surface area (Å²) in [5.74, 6) is -0.0541. The number of likely N-dealkylation sites (N-methyl/N-ethyl adjacent to an activating group) is 1. The molecule has 98 valence electrons. The van der Waals surface area contributed by atoms with E-state index in [0.717, 1.165) is 11.4 Å². The lowest BCUT2D eigenvalue weighted by Gasteiger charge is -2.36. The Labute approximate surface area is 106 Å². The molecule has 2 heterocycles. The molecule has 18 heavy (non-hydrogen) atoms. The smallest absolute Gasteiger partial charge is 0.244 e. The summed E-state index contributed by atoms with van der Waals surface area (Å²) in [6.45, 7) is 2.01. The van der Waals surface area contributed by atoms with E-state index in [1.165, 1.54) is 0 Å². The van der Waals surface area contributed by atoms with Crippen molar-refractivity contribution in [3.8, 4) is 0 Å². The molecule has 1 saturated heterocycles. The van der Waals surface area contributed by atoms with Crippen LogP contribution in [0.1, 0.15) is 5.69 Å². The summed E-state index contributed by atoms with van der Waals surface area (Å²) in [5.41, 5.74) is 7.40. The van der Waals surface area contributed by atoms with Crippen molar-refractivity contribution in [2.45, 2.75) is 12.6 Å². The number of carbonyl (C=O) groups is 1. The molecule has 6 heteroatoms. The Balaban J connectivity index is 2.30. The number of carbonyl (C=O) groups excluding carboxylic acids is 1. The largest absolute Gasteiger partial charge is 0.377 e. The second kappa shape index (κ2) is 5.79. The minimum atomic E-state index is -0.321. The van der Waals surface area contributed by atoms with E-state index in [-0.39, 0.29) is 11.9 Å². The van der Waals surface area contributed by atoms with Gasteiger partial charge in [0.1, 0.15) is 6.04 Å². The van der Waals surface area contributed by atoms with Crippen LogP contribution in [0.3, 0.4) is 0 Å². The van der Waals surface area contributed by atoms with Crippen molar-refractivity contribution >= 4 is 11.6 Å². The van der Waals surface area contributed by atoms with E-state index in [2.05, 4.69) is 10.3 Å². The zero-order chi connectivity index (χ0) is 13.0. The number of pyridine rings is 1. The molecular formula is C12H18N4O2. The minimum Gasteiger partial charge on any atom is -0.377 e. The topological polar surface area (TPSA) is 80.5 Å². The summed E-state index contributed by atoms with van der Waals surface area (Å²) in [4.78, 5) is 18.1. The Hall–Kier alpha value is -1.66. The fourth-order valence-electron chi connectivity index (χ4n) is 2.12. The van der Waals surface area contributed by atoms with Gasteiger partial charge in [0, 0.05) is 26.3 Å². The zero-order valence-electron chi connectivity index (χ0n) is 10.4. The van der Waals surface area contributed by atoms with E-state index in [0.29, 0.717) is 26.3 Å². The van der Waals surface area contributed by atoms with Gasteiger partial charge in [-0.05, 0) is 12.1 Å². The number of hydrogen-bond donors (Lipinski definition) is 2. The number of rotatable bonds is 3. The van der Waals surface area contributed by atoms with Crippen LogP contribution in [0.4, 0.5) is 5.69 Å². The van der Waals surface area contributed by atoms with E-state index in [1.807, 2.05) is 17.0 Å². The first kappa shape index (κ1) is 12.8. The summed E-state index contributed by atoms with van der Waals surface area (Å²) >= 11 is 0. The molecule has 2 rings (SSSR count). The Morgan fingerprint density at radius 2 is 2.56 bits per heavy atom. The minimum absolute atomic E-state index is 0.0541. The van der Waals surface area contributed by atoms with Gasteiger partial charge in [0.25, 0.3) is 0 Å². The van der Waals surface area contributed by atoms with Crippen LogP contribution >= 0.6 is 0 Å². The standard InChI is InChI=1S/C12H18N4O2/c1-14-12(17)11-8-18-6-5-16(11)10-3-2-4-15-9(10)7-13/h2-4,11H,5-8,13H2,1H3,(H,14,17). The van der Waals surface area contributed by atoms with Gasteiger partial charge in [0.15, 0.2) is 0 Å². The van der Waals surface area contributed by atoms with Crippen molar-refractivity contribution in [2.75, 3.05) is 31.7 Å². The third kappa shape index (κ3) is 2.44. The van der Waals surface area contributed by atoms with Crippen molar-refractivity contribution in [3.63, 3.8) is 0 Å². The van der Waals surface area contributed by atoms with Gasteiger partial charge in [-0.15, -0.1) is 0 Å². The molecule has 1 aromatic rings. The van der Waals surface area contributed by atoms with Gasteiger partial charge in [-0.2, -0.15) is 0 Å². The summed E-state index contributed by atoms with van der Waals surface area (Å²) in [5, 5.41) is 2.66. The fraction of sp³-hybridized carbons (Fsp3) is 0.500. The highest BCUT2D eigenvalue weighted by Crippen LogP contribution is 2.22. The molecule has 1 unspecified atom stereocenters. The van der Waals surface area contributed by atoms with Gasteiger partial charge in [-0.1, -0.05) is 0 Å². The van der Waals surface area contributed by atoms with E-state index >= 15 is 0 Å². The third-order valence-corrected chi connectivity index (χ3v) is 3.05. The van der Waals surface area contributed by atoms with Gasteiger partial charge in [-0.3, -0.25) is 9.78 Å². The van der Waals surface area contributed by atoms with Crippen LogP contribution in [-0.2, 0) is 16.1 Å². The number of aromatic nitrogens is 1. The summed E-state index contributed by atoms with van der Waals surface area (Å²) < 4.78 is 5.38. The summed E-state index contributed by atoms with van der Waals surface area (Å²) in [6.07, 6.45) is 1.71. The first-order chi connectivity index (χ1) is 8.77. The zero-order valence-corrected chi connectivity index (χ0v) is 10.4. The van der Waals surface area contributed by atoms with Gasteiger partial charge in [-0.25, -0.2) is 0 Å². The molecule has 1 fully saturated rings. The molecular weight excluding hydrogens is 232 g/mol. The first-order valence-electron chi connectivity index (χ1n) is 5.98. The normalized spacial score (nSPS) is 19.7. The highest BCUT2D eigenvalue weighted by molar-refractivity contribution is 5.85. The number of nitrogens with two attached hydrogens (primary N) is 1. The van der Waals surface area contributed by atoms with E-state index in [9.17, 15) is 4.79 Å². The van der Waals surface area contributed by atoms with Crippen molar-refractivity contribution in [2.24, 2.45) is 5.73 Å². The van der Waals surface area contributed by atoms with Crippen LogP contribution in [0.5, 0.6) is 0 Å². The second-order valence-corrected chi connectivity index (χ2v) is 4.07. The highest BCUT2D eigenvalue weighted by Gasteiger charge is 2.30. The predicted molar refractivity (Wildman–Crippen MR) is 68.1 cm³/mol. The molecule has 1 aliphatic heterocycles. The number of nitrogens with zero attached hydrogens (tertiary/aromatic N) is 2. The maximum Gasteiger partial charge on any atom is 0.244 e. The molecule has 0 saturated carbocycles. The number of nitrogens with one attached hydrogen (secondary N) is 1. The van der Waals surface area contributed by atoms with E-state index in [1.54, 1.807) is 13.2 Å². The van der Waals surface area contributed by atoms with Crippen molar-refractivity contribution in [3.05, 3.63) is 24.0 Å². The Bertz CT molecular complexity index is 424. The quantitative estimate of drug-likeness (QED) is 0.755. The van der Waals surface area contributed by atoms with Crippen LogP contribution < -0.4 is 16.0 Å². The number of morpholine rings is 1. The van der Waals surface area contributed by atoms with Gasteiger partial charge >= 0.3 is 0 Å².